The molecule has 0 atom stereocenters. The van der Waals surface area contributed by atoms with Crippen LogP contribution in [0.2, 0.25) is 0 Å². The number of rotatable bonds is 5. The van der Waals surface area contributed by atoms with Crippen LogP contribution in [-0.2, 0) is 4.79 Å². The summed E-state index contributed by atoms with van der Waals surface area (Å²) in [5.41, 5.74) is -0.140. The molecule has 19 heavy (non-hydrogen) atoms. The van der Waals surface area contributed by atoms with Crippen molar-refractivity contribution < 1.29 is 27.9 Å². The number of amides is 1. The number of aliphatic carboxylic acids is 1. The maximum atomic E-state index is 13.5. The van der Waals surface area contributed by atoms with E-state index in [1.807, 2.05) is 5.32 Å². The van der Waals surface area contributed by atoms with Crippen molar-refractivity contribution in [3.63, 3.8) is 0 Å². The maximum absolute atomic E-state index is 13.5. The zero-order valence-electron chi connectivity index (χ0n) is 9.57. The van der Waals surface area contributed by atoms with Crippen molar-refractivity contribution in [3.8, 4) is 0 Å². The number of benzene rings is 1. The van der Waals surface area contributed by atoms with E-state index in [0.29, 0.717) is 0 Å². The summed E-state index contributed by atoms with van der Waals surface area (Å²) in [5.74, 6) is -2.88. The van der Waals surface area contributed by atoms with Crippen LogP contribution in [-0.4, -0.2) is 30.0 Å². The van der Waals surface area contributed by atoms with E-state index in [-0.39, 0.29) is 11.1 Å². The van der Waals surface area contributed by atoms with Gasteiger partial charge in [-0.1, -0.05) is 6.07 Å². The number of carboxylic acids is 1. The van der Waals surface area contributed by atoms with E-state index >= 15 is 0 Å². The Kier molecular flexibility index (Phi) is 5.11. The fraction of sp³-hybridized carbons (Fsp3) is 0.167. The van der Waals surface area contributed by atoms with Crippen molar-refractivity contribution in [2.24, 2.45) is 0 Å². The van der Waals surface area contributed by atoms with Crippen molar-refractivity contribution >= 4 is 18.0 Å². The van der Waals surface area contributed by atoms with Crippen LogP contribution in [0.5, 0.6) is 0 Å². The van der Waals surface area contributed by atoms with Crippen LogP contribution in [0.25, 0.3) is 6.08 Å². The van der Waals surface area contributed by atoms with E-state index in [0.717, 1.165) is 18.2 Å². The van der Waals surface area contributed by atoms with Gasteiger partial charge in [0, 0.05) is 17.2 Å². The van der Waals surface area contributed by atoms with Gasteiger partial charge in [0.05, 0.1) is 6.54 Å². The molecule has 0 aliphatic rings. The highest BCUT2D eigenvalue weighted by Crippen LogP contribution is 2.12. The Morgan fingerprint density at radius 2 is 2.05 bits per heavy atom. The first-order valence-corrected chi connectivity index (χ1v) is 5.17. The molecule has 0 saturated heterocycles. The molecule has 7 heteroatoms. The molecule has 1 rings (SSSR count). The van der Waals surface area contributed by atoms with E-state index in [4.69, 9.17) is 5.11 Å². The van der Waals surface area contributed by atoms with Gasteiger partial charge < -0.3 is 10.4 Å². The minimum absolute atomic E-state index is 0.0205. The first kappa shape index (κ1) is 14.7. The number of hydrogen-bond donors (Lipinski definition) is 2. The largest absolute Gasteiger partial charge is 0.478 e. The summed E-state index contributed by atoms with van der Waals surface area (Å²) < 4.78 is 37.2. The molecule has 0 aliphatic carbocycles. The topological polar surface area (TPSA) is 66.4 Å². The molecular formula is C12H10F3NO3. The monoisotopic (exact) mass is 273 g/mol. The highest BCUT2D eigenvalue weighted by molar-refractivity contribution is 5.94. The van der Waals surface area contributed by atoms with Gasteiger partial charge in [-0.3, -0.25) is 4.79 Å². The van der Waals surface area contributed by atoms with E-state index in [9.17, 15) is 22.8 Å². The Morgan fingerprint density at radius 3 is 2.58 bits per heavy atom. The lowest BCUT2D eigenvalue weighted by Crippen LogP contribution is -2.28. The van der Waals surface area contributed by atoms with E-state index in [1.165, 1.54) is 12.1 Å². The van der Waals surface area contributed by atoms with Gasteiger partial charge in [0.2, 0.25) is 0 Å². The van der Waals surface area contributed by atoms with E-state index in [1.54, 1.807) is 0 Å². The van der Waals surface area contributed by atoms with E-state index in [2.05, 4.69) is 0 Å². The van der Waals surface area contributed by atoms with Gasteiger partial charge in [-0.15, -0.1) is 0 Å². The standard InChI is InChI=1S/C12H10F3NO3/c13-9-5-8(12(19)16-6-10(14)15)2-1-7(9)3-4-11(17)18/h1-5,10H,6H2,(H,16,19)(H,17,18)/b4-3+. The minimum atomic E-state index is -2.69. The average Bonchev–Trinajstić information content (AvgIpc) is 2.34. The molecule has 2 N–H and O–H groups in total. The Morgan fingerprint density at radius 1 is 1.37 bits per heavy atom. The summed E-state index contributed by atoms with van der Waals surface area (Å²) in [6.45, 7) is -0.818. The van der Waals surface area contributed by atoms with Gasteiger partial charge in [0.15, 0.2) is 0 Å². The van der Waals surface area contributed by atoms with Crippen molar-refractivity contribution in [2.75, 3.05) is 6.54 Å². The number of halogens is 3. The zero-order chi connectivity index (χ0) is 14.4. The predicted octanol–water partition coefficient (Wildman–Crippen LogP) is 1.92. The summed E-state index contributed by atoms with van der Waals surface area (Å²) in [6.07, 6.45) is -0.917. The van der Waals surface area contributed by atoms with Gasteiger partial charge in [-0.05, 0) is 18.2 Å². The second-order valence-electron chi connectivity index (χ2n) is 3.51. The van der Waals surface area contributed by atoms with Crippen LogP contribution < -0.4 is 5.32 Å². The molecule has 1 aromatic rings. The third-order valence-electron chi connectivity index (χ3n) is 2.09. The molecule has 0 heterocycles. The van der Waals surface area contributed by atoms with Crippen LogP contribution in [0.1, 0.15) is 15.9 Å². The Hall–Kier alpha value is -2.31. The SMILES string of the molecule is O=C(O)/C=C/c1ccc(C(=O)NCC(F)F)cc1F. The van der Waals surface area contributed by atoms with Gasteiger partial charge in [0.25, 0.3) is 12.3 Å². The number of carbonyl (C=O) groups is 2. The van der Waals surface area contributed by atoms with Crippen molar-refractivity contribution in [3.05, 3.63) is 41.2 Å². The highest BCUT2D eigenvalue weighted by atomic mass is 19.3. The fourth-order valence-corrected chi connectivity index (χ4v) is 1.24. The number of alkyl halides is 2. The first-order chi connectivity index (χ1) is 8.90. The van der Waals surface area contributed by atoms with Crippen LogP contribution in [0.4, 0.5) is 13.2 Å². The van der Waals surface area contributed by atoms with Gasteiger partial charge >= 0.3 is 5.97 Å². The molecule has 102 valence electrons. The molecule has 0 aromatic heterocycles. The number of carbonyl (C=O) groups excluding carboxylic acids is 1. The molecule has 0 saturated carbocycles. The summed E-state index contributed by atoms with van der Waals surface area (Å²) in [4.78, 5) is 21.6. The fourth-order valence-electron chi connectivity index (χ4n) is 1.24. The van der Waals surface area contributed by atoms with Crippen molar-refractivity contribution in [2.45, 2.75) is 6.43 Å². The maximum Gasteiger partial charge on any atom is 0.328 e. The molecule has 0 radical (unpaired) electrons. The molecule has 1 amide bonds. The molecule has 0 spiro atoms. The van der Waals surface area contributed by atoms with Crippen LogP contribution >= 0.6 is 0 Å². The Bertz CT molecular complexity index is 515. The number of carboxylic acid groups (broad SMARTS) is 1. The zero-order valence-corrected chi connectivity index (χ0v) is 9.57. The van der Waals surface area contributed by atoms with Crippen molar-refractivity contribution in [1.82, 2.24) is 5.32 Å². The smallest absolute Gasteiger partial charge is 0.328 e. The second kappa shape index (κ2) is 6.58. The Labute approximate surface area is 106 Å². The molecule has 0 aliphatic heterocycles. The molecular weight excluding hydrogens is 263 g/mol. The minimum Gasteiger partial charge on any atom is -0.478 e. The summed E-state index contributed by atoms with van der Waals surface area (Å²) in [7, 11) is 0. The first-order valence-electron chi connectivity index (χ1n) is 5.17. The van der Waals surface area contributed by atoms with Crippen LogP contribution in [0.15, 0.2) is 24.3 Å². The molecule has 0 unspecified atom stereocenters. The summed E-state index contributed by atoms with van der Waals surface area (Å²) >= 11 is 0. The van der Waals surface area contributed by atoms with E-state index < -0.39 is 30.7 Å². The predicted molar refractivity (Wildman–Crippen MR) is 61.4 cm³/mol. The quantitative estimate of drug-likeness (QED) is 0.805. The second-order valence-corrected chi connectivity index (χ2v) is 3.51. The van der Waals surface area contributed by atoms with Crippen molar-refractivity contribution in [1.29, 1.82) is 0 Å². The highest BCUT2D eigenvalue weighted by Gasteiger charge is 2.10. The lowest BCUT2D eigenvalue weighted by Gasteiger charge is -2.05. The average molecular weight is 273 g/mol. The third-order valence-corrected chi connectivity index (χ3v) is 2.09. The van der Waals surface area contributed by atoms with Crippen LogP contribution in [0.3, 0.4) is 0 Å². The van der Waals surface area contributed by atoms with Gasteiger partial charge in [-0.25, -0.2) is 18.0 Å². The lowest BCUT2D eigenvalue weighted by molar-refractivity contribution is -0.131. The summed E-state index contributed by atoms with van der Waals surface area (Å²) in [5, 5.41) is 10.3. The molecule has 0 fully saturated rings. The van der Waals surface area contributed by atoms with Gasteiger partial charge in [-0.2, -0.15) is 0 Å². The molecule has 1 aromatic carbocycles. The number of hydrogen-bond acceptors (Lipinski definition) is 2. The van der Waals surface area contributed by atoms with Crippen LogP contribution in [0, 0.1) is 5.82 Å². The normalized spacial score (nSPS) is 10.9. The summed E-state index contributed by atoms with van der Waals surface area (Å²) in [6, 6.07) is 3.25. The number of nitrogens with one attached hydrogen (secondary N) is 1. The molecule has 0 bridgehead atoms. The lowest BCUT2D eigenvalue weighted by atomic mass is 10.1. The molecule has 4 nitrogen and oxygen atoms in total. The third kappa shape index (κ3) is 4.82. The van der Waals surface area contributed by atoms with Gasteiger partial charge in [0.1, 0.15) is 5.82 Å². The Balaban J connectivity index is 2.81.